The Bertz CT molecular complexity index is 839. The Morgan fingerprint density at radius 1 is 1.26 bits per heavy atom. The smallest absolute Gasteiger partial charge is 0.276 e. The molecule has 8 heteroatoms. The molecule has 1 atom stereocenters. The number of aryl methyl sites for hydroxylation is 1. The lowest BCUT2D eigenvalue weighted by Gasteiger charge is -2.33. The zero-order valence-corrected chi connectivity index (χ0v) is 16.2. The predicted octanol–water partition coefficient (Wildman–Crippen LogP) is 1.08. The SMILES string of the molecule is Cc1nc(N2CCN(C)CC2)ccc1NC(=O)c1cc2n(n1)CC(C)NC2. The average Bonchev–Trinajstić information content (AvgIpc) is 3.07. The van der Waals surface area contributed by atoms with Gasteiger partial charge in [-0.05, 0) is 39.1 Å². The summed E-state index contributed by atoms with van der Waals surface area (Å²) in [7, 11) is 2.14. The van der Waals surface area contributed by atoms with E-state index in [9.17, 15) is 4.79 Å². The molecule has 8 nitrogen and oxygen atoms in total. The molecule has 0 radical (unpaired) electrons. The molecule has 0 aliphatic carbocycles. The number of nitrogens with one attached hydrogen (secondary N) is 2. The third-order valence-corrected chi connectivity index (χ3v) is 5.32. The lowest BCUT2D eigenvalue weighted by Crippen LogP contribution is -2.44. The molecule has 2 aliphatic rings. The molecule has 2 aromatic rings. The number of hydrogen-bond acceptors (Lipinski definition) is 6. The molecule has 1 saturated heterocycles. The van der Waals surface area contributed by atoms with E-state index in [1.165, 1.54) is 0 Å². The molecule has 0 aromatic carbocycles. The van der Waals surface area contributed by atoms with Gasteiger partial charge in [0.15, 0.2) is 5.69 Å². The summed E-state index contributed by atoms with van der Waals surface area (Å²) in [4.78, 5) is 21.9. The third-order valence-electron chi connectivity index (χ3n) is 5.32. The Kier molecular flexibility index (Phi) is 4.84. The van der Waals surface area contributed by atoms with E-state index >= 15 is 0 Å². The minimum absolute atomic E-state index is 0.193. The van der Waals surface area contributed by atoms with Crippen molar-refractivity contribution in [2.24, 2.45) is 0 Å². The van der Waals surface area contributed by atoms with Gasteiger partial charge in [0, 0.05) is 38.8 Å². The van der Waals surface area contributed by atoms with Crippen LogP contribution >= 0.6 is 0 Å². The van der Waals surface area contributed by atoms with Crippen molar-refractivity contribution in [3.05, 3.63) is 35.3 Å². The van der Waals surface area contributed by atoms with Gasteiger partial charge in [-0.1, -0.05) is 0 Å². The summed E-state index contributed by atoms with van der Waals surface area (Å²) in [6.07, 6.45) is 0. The van der Waals surface area contributed by atoms with E-state index in [1.54, 1.807) is 0 Å². The average molecular weight is 369 g/mol. The number of anilines is 2. The van der Waals surface area contributed by atoms with E-state index in [0.717, 1.165) is 62.2 Å². The van der Waals surface area contributed by atoms with Gasteiger partial charge in [0.2, 0.25) is 0 Å². The monoisotopic (exact) mass is 369 g/mol. The van der Waals surface area contributed by atoms with Crippen molar-refractivity contribution in [3.63, 3.8) is 0 Å². The molecule has 0 saturated carbocycles. The number of piperazine rings is 1. The minimum atomic E-state index is -0.193. The summed E-state index contributed by atoms with van der Waals surface area (Å²) in [5, 5.41) is 10.8. The number of amides is 1. The maximum atomic E-state index is 12.6. The fourth-order valence-corrected chi connectivity index (χ4v) is 3.55. The number of nitrogens with zero attached hydrogens (tertiary/aromatic N) is 5. The van der Waals surface area contributed by atoms with Crippen LogP contribution in [0.3, 0.4) is 0 Å². The van der Waals surface area contributed by atoms with Crippen molar-refractivity contribution >= 4 is 17.4 Å². The van der Waals surface area contributed by atoms with Crippen LogP contribution < -0.4 is 15.5 Å². The number of fused-ring (bicyclic) bond motifs is 1. The number of carbonyl (C=O) groups excluding carboxylic acids is 1. The van der Waals surface area contributed by atoms with Crippen molar-refractivity contribution in [2.45, 2.75) is 33.0 Å². The summed E-state index contributed by atoms with van der Waals surface area (Å²) in [5.41, 5.74) is 3.04. The zero-order valence-electron chi connectivity index (χ0n) is 16.2. The number of hydrogen-bond donors (Lipinski definition) is 2. The lowest BCUT2D eigenvalue weighted by atomic mass is 10.2. The second kappa shape index (κ2) is 7.28. The molecular weight excluding hydrogens is 342 g/mol. The van der Waals surface area contributed by atoms with E-state index < -0.39 is 0 Å². The van der Waals surface area contributed by atoms with Crippen LogP contribution in [0.4, 0.5) is 11.5 Å². The summed E-state index contributed by atoms with van der Waals surface area (Å²) in [6.45, 7) is 9.59. The van der Waals surface area contributed by atoms with Gasteiger partial charge in [-0.25, -0.2) is 4.98 Å². The van der Waals surface area contributed by atoms with E-state index in [-0.39, 0.29) is 5.91 Å². The second-order valence-electron chi connectivity index (χ2n) is 7.53. The van der Waals surface area contributed by atoms with Crippen LogP contribution in [0.5, 0.6) is 0 Å². The van der Waals surface area contributed by atoms with Crippen molar-refractivity contribution in [2.75, 3.05) is 43.4 Å². The normalized spacial score (nSPS) is 20.4. The van der Waals surface area contributed by atoms with E-state index in [1.807, 2.05) is 29.8 Å². The Hall–Kier alpha value is -2.45. The van der Waals surface area contributed by atoms with Gasteiger partial charge in [0.25, 0.3) is 5.91 Å². The van der Waals surface area contributed by atoms with Crippen molar-refractivity contribution in [1.29, 1.82) is 0 Å². The lowest BCUT2D eigenvalue weighted by molar-refractivity contribution is 0.102. The number of likely N-dealkylation sites (N-methyl/N-ethyl adjacent to an activating group) is 1. The molecule has 1 unspecified atom stereocenters. The molecule has 4 heterocycles. The van der Waals surface area contributed by atoms with Gasteiger partial charge in [-0.15, -0.1) is 0 Å². The highest BCUT2D eigenvalue weighted by atomic mass is 16.2. The van der Waals surface area contributed by atoms with Crippen LogP contribution in [0.2, 0.25) is 0 Å². The van der Waals surface area contributed by atoms with Crippen LogP contribution in [0.15, 0.2) is 18.2 Å². The molecule has 2 aliphatic heterocycles. The molecular formula is C19H27N7O. The van der Waals surface area contributed by atoms with Crippen LogP contribution in [0.1, 0.15) is 28.8 Å². The third kappa shape index (κ3) is 3.81. The summed E-state index contributed by atoms with van der Waals surface area (Å²) >= 11 is 0. The molecule has 27 heavy (non-hydrogen) atoms. The predicted molar refractivity (Wildman–Crippen MR) is 105 cm³/mol. The highest BCUT2D eigenvalue weighted by Gasteiger charge is 2.21. The Morgan fingerprint density at radius 3 is 2.78 bits per heavy atom. The van der Waals surface area contributed by atoms with Gasteiger partial charge in [0.1, 0.15) is 5.82 Å². The van der Waals surface area contributed by atoms with Gasteiger partial charge >= 0.3 is 0 Å². The molecule has 2 N–H and O–H groups in total. The molecule has 0 bridgehead atoms. The largest absolute Gasteiger partial charge is 0.354 e. The first-order valence-corrected chi connectivity index (χ1v) is 9.52. The molecule has 1 fully saturated rings. The molecule has 1 amide bonds. The quantitative estimate of drug-likeness (QED) is 0.843. The Balaban J connectivity index is 1.45. The van der Waals surface area contributed by atoms with Crippen LogP contribution in [0.25, 0.3) is 0 Å². The number of pyridine rings is 1. The highest BCUT2D eigenvalue weighted by molar-refractivity contribution is 6.03. The van der Waals surface area contributed by atoms with Gasteiger partial charge in [0.05, 0.1) is 23.6 Å². The van der Waals surface area contributed by atoms with Gasteiger partial charge in [-0.2, -0.15) is 5.10 Å². The van der Waals surface area contributed by atoms with Crippen LogP contribution in [-0.2, 0) is 13.1 Å². The fraction of sp³-hybridized carbons (Fsp3) is 0.526. The second-order valence-corrected chi connectivity index (χ2v) is 7.53. The van der Waals surface area contributed by atoms with E-state index in [0.29, 0.717) is 11.7 Å². The van der Waals surface area contributed by atoms with Crippen molar-refractivity contribution < 1.29 is 4.79 Å². The van der Waals surface area contributed by atoms with Gasteiger partial charge in [-0.3, -0.25) is 9.48 Å². The topological polar surface area (TPSA) is 78.3 Å². The Morgan fingerprint density at radius 2 is 2.04 bits per heavy atom. The van der Waals surface area contributed by atoms with E-state index in [2.05, 4.69) is 39.5 Å². The van der Waals surface area contributed by atoms with Crippen LogP contribution in [-0.4, -0.2) is 64.8 Å². The zero-order chi connectivity index (χ0) is 19.0. The number of carbonyl (C=O) groups is 1. The molecule has 0 spiro atoms. The first kappa shape index (κ1) is 17.9. The van der Waals surface area contributed by atoms with Gasteiger partial charge < -0.3 is 20.4 Å². The number of rotatable bonds is 3. The standard InChI is InChI=1S/C19H27N7O/c1-13-12-26-15(11-20-13)10-17(23-26)19(27)22-16-4-5-18(21-14(16)2)25-8-6-24(3)7-9-25/h4-5,10,13,20H,6-9,11-12H2,1-3H3,(H,22,27). The maximum Gasteiger partial charge on any atom is 0.276 e. The highest BCUT2D eigenvalue weighted by Crippen LogP contribution is 2.21. The maximum absolute atomic E-state index is 12.6. The summed E-state index contributed by atoms with van der Waals surface area (Å²) < 4.78 is 1.91. The summed E-state index contributed by atoms with van der Waals surface area (Å²) in [5.74, 6) is 0.776. The first-order chi connectivity index (χ1) is 13.0. The summed E-state index contributed by atoms with van der Waals surface area (Å²) in [6, 6.07) is 6.14. The van der Waals surface area contributed by atoms with Crippen LogP contribution in [0, 0.1) is 6.92 Å². The molecule has 2 aromatic heterocycles. The molecule has 4 rings (SSSR count). The fourth-order valence-electron chi connectivity index (χ4n) is 3.55. The van der Waals surface area contributed by atoms with Crippen molar-refractivity contribution in [1.82, 2.24) is 25.0 Å². The minimum Gasteiger partial charge on any atom is -0.354 e. The van der Waals surface area contributed by atoms with E-state index in [4.69, 9.17) is 4.98 Å². The molecule has 144 valence electrons. The first-order valence-electron chi connectivity index (χ1n) is 9.52. The Labute approximate surface area is 159 Å². The number of aromatic nitrogens is 3. The van der Waals surface area contributed by atoms with Crippen molar-refractivity contribution in [3.8, 4) is 0 Å².